The number of nitrogens with one attached hydrogen (secondary N) is 1. The summed E-state index contributed by atoms with van der Waals surface area (Å²) in [5, 5.41) is 3.05. The van der Waals surface area contributed by atoms with E-state index in [1.54, 1.807) is 31.0 Å². The zero-order valence-electron chi connectivity index (χ0n) is 14.6. The minimum Gasteiger partial charge on any atom is -0.337 e. The van der Waals surface area contributed by atoms with Crippen LogP contribution in [0.15, 0.2) is 49.4 Å². The molecule has 0 aliphatic carbocycles. The van der Waals surface area contributed by atoms with Crippen LogP contribution in [0.25, 0.3) is 0 Å². The van der Waals surface area contributed by atoms with Gasteiger partial charge in [0.2, 0.25) is 5.95 Å². The largest absolute Gasteiger partial charge is 0.337 e. The molecular weight excluding hydrogens is 344 g/mol. The van der Waals surface area contributed by atoms with Gasteiger partial charge in [0.05, 0.1) is 18.1 Å². The molecule has 0 unspecified atom stereocenters. The Morgan fingerprint density at radius 2 is 1.89 bits per heavy atom. The predicted molar refractivity (Wildman–Crippen MR) is 97.3 cm³/mol. The molecule has 9 heteroatoms. The van der Waals surface area contributed by atoms with Crippen molar-refractivity contribution < 1.29 is 4.79 Å². The van der Waals surface area contributed by atoms with E-state index in [0.29, 0.717) is 30.5 Å². The number of nitrogens with zero attached hydrogens (tertiary/aromatic N) is 7. The lowest BCUT2D eigenvalue weighted by Gasteiger charge is -2.32. The van der Waals surface area contributed by atoms with Crippen molar-refractivity contribution in [2.75, 3.05) is 18.4 Å². The molecule has 1 aliphatic heterocycles. The van der Waals surface area contributed by atoms with E-state index < -0.39 is 0 Å². The summed E-state index contributed by atoms with van der Waals surface area (Å²) >= 11 is 0. The van der Waals surface area contributed by atoms with Crippen LogP contribution >= 0.6 is 0 Å². The molecule has 0 aromatic carbocycles. The summed E-state index contributed by atoms with van der Waals surface area (Å²) in [6.45, 7) is 1.30. The summed E-state index contributed by atoms with van der Waals surface area (Å²) in [7, 11) is 0. The van der Waals surface area contributed by atoms with Crippen molar-refractivity contribution in [2.45, 2.75) is 18.8 Å². The lowest BCUT2D eigenvalue weighted by atomic mass is 9.94. The van der Waals surface area contributed by atoms with Gasteiger partial charge in [0, 0.05) is 50.0 Å². The molecule has 4 rings (SSSR count). The average molecular weight is 362 g/mol. The first-order valence-electron chi connectivity index (χ1n) is 8.71. The number of piperidine rings is 1. The van der Waals surface area contributed by atoms with E-state index in [-0.39, 0.29) is 11.8 Å². The Morgan fingerprint density at radius 3 is 2.67 bits per heavy atom. The Labute approximate surface area is 156 Å². The van der Waals surface area contributed by atoms with Gasteiger partial charge in [0.25, 0.3) is 5.91 Å². The van der Waals surface area contributed by atoms with E-state index in [2.05, 4.69) is 35.2 Å². The van der Waals surface area contributed by atoms with Gasteiger partial charge in [-0.05, 0) is 18.9 Å². The number of carbonyl (C=O) groups is 1. The summed E-state index contributed by atoms with van der Waals surface area (Å²) in [4.78, 5) is 39.6. The van der Waals surface area contributed by atoms with Crippen molar-refractivity contribution in [3.05, 3.63) is 60.8 Å². The highest BCUT2D eigenvalue weighted by Gasteiger charge is 2.27. The monoisotopic (exact) mass is 362 g/mol. The van der Waals surface area contributed by atoms with Crippen molar-refractivity contribution in [1.29, 1.82) is 0 Å². The van der Waals surface area contributed by atoms with Crippen LogP contribution in [-0.2, 0) is 0 Å². The van der Waals surface area contributed by atoms with E-state index in [1.165, 1.54) is 12.4 Å². The summed E-state index contributed by atoms with van der Waals surface area (Å²) in [5.74, 6) is 1.09. The van der Waals surface area contributed by atoms with Gasteiger partial charge in [-0.1, -0.05) is 0 Å². The number of rotatable bonds is 4. The van der Waals surface area contributed by atoms with Gasteiger partial charge in [-0.2, -0.15) is 0 Å². The van der Waals surface area contributed by atoms with E-state index in [9.17, 15) is 4.79 Å². The molecule has 0 bridgehead atoms. The standard InChI is InChI=1S/C18H18N8O/c27-17(15-10-19-5-7-21-15)26-9-1-2-13(12-26)14-3-4-23-18(24-14)25-16-11-20-6-8-22-16/h3-8,10-11,13H,1-2,9,12H2,(H,22,23,24,25)/t13-/m1/s1. The van der Waals surface area contributed by atoms with Crippen LogP contribution in [0.1, 0.15) is 34.9 Å². The molecule has 1 saturated heterocycles. The minimum absolute atomic E-state index is 0.0974. The molecule has 1 aliphatic rings. The molecule has 136 valence electrons. The van der Waals surface area contributed by atoms with Crippen LogP contribution in [0, 0.1) is 0 Å². The molecule has 3 aromatic heterocycles. The van der Waals surface area contributed by atoms with Gasteiger partial charge in [-0.25, -0.2) is 19.9 Å². The first-order chi connectivity index (χ1) is 13.3. The lowest BCUT2D eigenvalue weighted by molar-refractivity contribution is 0.0699. The Morgan fingerprint density at radius 1 is 1.04 bits per heavy atom. The van der Waals surface area contributed by atoms with Crippen LogP contribution in [0.4, 0.5) is 11.8 Å². The van der Waals surface area contributed by atoms with Gasteiger partial charge < -0.3 is 10.2 Å². The Hall–Kier alpha value is -3.49. The average Bonchev–Trinajstić information content (AvgIpc) is 2.75. The first kappa shape index (κ1) is 17.0. The van der Waals surface area contributed by atoms with E-state index in [1.807, 2.05) is 11.0 Å². The highest BCUT2D eigenvalue weighted by molar-refractivity contribution is 5.92. The maximum Gasteiger partial charge on any atom is 0.274 e. The molecule has 27 heavy (non-hydrogen) atoms. The molecule has 0 saturated carbocycles. The number of amides is 1. The molecule has 9 nitrogen and oxygen atoms in total. The number of hydrogen-bond acceptors (Lipinski definition) is 8. The fourth-order valence-electron chi connectivity index (χ4n) is 3.11. The van der Waals surface area contributed by atoms with Crippen molar-refractivity contribution in [1.82, 2.24) is 34.8 Å². The van der Waals surface area contributed by atoms with Gasteiger partial charge >= 0.3 is 0 Å². The van der Waals surface area contributed by atoms with Gasteiger partial charge in [-0.15, -0.1) is 0 Å². The number of aromatic nitrogens is 6. The SMILES string of the molecule is O=C(c1cnccn1)N1CCC[C@@H](c2ccnc(Nc3cnccn3)n2)C1. The van der Waals surface area contributed by atoms with E-state index in [0.717, 1.165) is 18.5 Å². The van der Waals surface area contributed by atoms with Crippen LogP contribution in [0.5, 0.6) is 0 Å². The summed E-state index contributed by atoms with van der Waals surface area (Å²) in [6.07, 6.45) is 13.0. The highest BCUT2D eigenvalue weighted by atomic mass is 16.2. The molecule has 1 fully saturated rings. The summed E-state index contributed by atoms with van der Waals surface area (Å²) in [5.41, 5.74) is 1.26. The fraction of sp³-hybridized carbons (Fsp3) is 0.278. The molecule has 1 atom stereocenters. The molecule has 1 N–H and O–H groups in total. The third-order valence-corrected chi connectivity index (χ3v) is 4.39. The Balaban J connectivity index is 1.48. The second kappa shape index (κ2) is 7.81. The van der Waals surface area contributed by atoms with Crippen LogP contribution < -0.4 is 5.32 Å². The molecule has 3 aromatic rings. The van der Waals surface area contributed by atoms with E-state index >= 15 is 0 Å². The molecule has 0 spiro atoms. The Bertz CT molecular complexity index is 906. The zero-order valence-corrected chi connectivity index (χ0v) is 14.6. The second-order valence-corrected chi connectivity index (χ2v) is 6.20. The number of carbonyl (C=O) groups excluding carboxylic acids is 1. The second-order valence-electron chi connectivity index (χ2n) is 6.20. The highest BCUT2D eigenvalue weighted by Crippen LogP contribution is 2.27. The van der Waals surface area contributed by atoms with Crippen LogP contribution in [0.2, 0.25) is 0 Å². The predicted octanol–water partition coefficient (Wildman–Crippen LogP) is 1.82. The first-order valence-corrected chi connectivity index (χ1v) is 8.71. The minimum atomic E-state index is -0.0974. The smallest absolute Gasteiger partial charge is 0.274 e. The number of anilines is 2. The molecule has 4 heterocycles. The zero-order chi connectivity index (χ0) is 18.5. The Kier molecular flexibility index (Phi) is 4.91. The lowest BCUT2D eigenvalue weighted by Crippen LogP contribution is -2.39. The van der Waals surface area contributed by atoms with Crippen molar-refractivity contribution in [3.8, 4) is 0 Å². The van der Waals surface area contributed by atoms with Gasteiger partial charge in [0.1, 0.15) is 5.69 Å². The topological polar surface area (TPSA) is 110 Å². The molecule has 0 radical (unpaired) electrons. The van der Waals surface area contributed by atoms with Crippen molar-refractivity contribution >= 4 is 17.7 Å². The third-order valence-electron chi connectivity index (χ3n) is 4.39. The van der Waals surface area contributed by atoms with Gasteiger partial charge in [0.15, 0.2) is 5.82 Å². The summed E-state index contributed by atoms with van der Waals surface area (Å²) in [6, 6.07) is 1.89. The maximum absolute atomic E-state index is 12.6. The fourth-order valence-corrected chi connectivity index (χ4v) is 3.11. The van der Waals surface area contributed by atoms with E-state index in [4.69, 9.17) is 0 Å². The van der Waals surface area contributed by atoms with Gasteiger partial charge in [-0.3, -0.25) is 14.8 Å². The normalized spacial score (nSPS) is 16.7. The quantitative estimate of drug-likeness (QED) is 0.748. The number of likely N-dealkylation sites (tertiary alicyclic amines) is 1. The molecule has 1 amide bonds. The van der Waals surface area contributed by atoms with Crippen LogP contribution in [-0.4, -0.2) is 53.8 Å². The summed E-state index contributed by atoms with van der Waals surface area (Å²) < 4.78 is 0. The van der Waals surface area contributed by atoms with Crippen molar-refractivity contribution in [2.24, 2.45) is 0 Å². The number of hydrogen-bond donors (Lipinski definition) is 1. The van der Waals surface area contributed by atoms with Crippen LogP contribution in [0.3, 0.4) is 0 Å². The molecular formula is C18H18N8O. The van der Waals surface area contributed by atoms with Crippen molar-refractivity contribution in [3.63, 3.8) is 0 Å². The maximum atomic E-state index is 12.6. The third kappa shape index (κ3) is 4.02.